The number of hydrogen-bond donors (Lipinski definition) is 2. The average Bonchev–Trinajstić information content (AvgIpc) is 3.04. The number of anilines is 2. The zero-order valence-corrected chi connectivity index (χ0v) is 19.0. The van der Waals surface area contributed by atoms with Gasteiger partial charge in [0.05, 0.1) is 31.3 Å². The fourth-order valence-corrected chi connectivity index (χ4v) is 3.51. The van der Waals surface area contributed by atoms with Gasteiger partial charge in [0.25, 0.3) is 5.91 Å². The molecular weight excluding hydrogens is 408 g/mol. The van der Waals surface area contributed by atoms with Crippen molar-refractivity contribution in [3.8, 4) is 11.5 Å². The van der Waals surface area contributed by atoms with Gasteiger partial charge in [-0.1, -0.05) is 18.2 Å². The molecule has 0 unspecified atom stereocenters. The maximum absolute atomic E-state index is 12.6. The zero-order valence-electron chi connectivity index (χ0n) is 19.0. The lowest BCUT2D eigenvalue weighted by Gasteiger charge is -2.16. The first-order valence-corrected chi connectivity index (χ1v) is 10.2. The molecule has 1 aromatic heterocycles. The second-order valence-corrected chi connectivity index (χ2v) is 7.39. The molecule has 168 valence electrons. The third-order valence-corrected chi connectivity index (χ3v) is 5.34. The topological polar surface area (TPSA) is 94.5 Å². The smallest absolute Gasteiger partial charge is 0.255 e. The number of amides is 2. The van der Waals surface area contributed by atoms with Crippen molar-refractivity contribution in [1.82, 2.24) is 9.78 Å². The Hall–Kier alpha value is -3.81. The van der Waals surface area contributed by atoms with E-state index >= 15 is 0 Å². The van der Waals surface area contributed by atoms with Gasteiger partial charge in [-0.25, -0.2) is 0 Å². The molecule has 0 bridgehead atoms. The van der Waals surface area contributed by atoms with Crippen LogP contribution in [0.4, 0.5) is 11.4 Å². The standard InChI is InChI=1S/C24H28N4O4/c1-15-18(16(2)28(3)27-15)11-12-23(29)25-19-13-22(32-5)20(14-21(19)31-4)26-24(30)17-9-7-6-8-10-17/h6-10,13-14H,11-12H2,1-5H3,(H,25,29)(H,26,30). The number of nitrogens with one attached hydrogen (secondary N) is 2. The monoisotopic (exact) mass is 436 g/mol. The Bertz CT molecular complexity index is 1120. The van der Waals surface area contributed by atoms with Crippen LogP contribution in [0.2, 0.25) is 0 Å². The van der Waals surface area contributed by atoms with Crippen molar-refractivity contribution in [2.24, 2.45) is 7.05 Å². The molecule has 2 amide bonds. The number of aryl methyl sites for hydroxylation is 2. The summed E-state index contributed by atoms with van der Waals surface area (Å²) >= 11 is 0. The van der Waals surface area contributed by atoms with Crippen LogP contribution in [-0.2, 0) is 18.3 Å². The Kier molecular flexibility index (Phi) is 7.14. The summed E-state index contributed by atoms with van der Waals surface area (Å²) in [4.78, 5) is 25.2. The molecule has 2 N–H and O–H groups in total. The van der Waals surface area contributed by atoms with Crippen molar-refractivity contribution >= 4 is 23.2 Å². The van der Waals surface area contributed by atoms with Crippen molar-refractivity contribution in [1.29, 1.82) is 0 Å². The van der Waals surface area contributed by atoms with Crippen LogP contribution in [0.3, 0.4) is 0 Å². The van der Waals surface area contributed by atoms with E-state index in [0.29, 0.717) is 41.3 Å². The van der Waals surface area contributed by atoms with Crippen LogP contribution in [0, 0.1) is 13.8 Å². The first-order chi connectivity index (χ1) is 15.3. The third kappa shape index (κ3) is 5.08. The molecule has 3 aromatic rings. The van der Waals surface area contributed by atoms with E-state index in [2.05, 4.69) is 15.7 Å². The zero-order chi connectivity index (χ0) is 23.3. The second kappa shape index (κ2) is 10.00. The number of carbonyl (C=O) groups excluding carboxylic acids is 2. The Morgan fingerprint density at radius 3 is 2.09 bits per heavy atom. The molecule has 8 heteroatoms. The van der Waals surface area contributed by atoms with Crippen LogP contribution in [-0.4, -0.2) is 35.8 Å². The summed E-state index contributed by atoms with van der Waals surface area (Å²) in [5.74, 6) is 0.389. The van der Waals surface area contributed by atoms with E-state index < -0.39 is 0 Å². The van der Waals surface area contributed by atoms with E-state index in [0.717, 1.165) is 17.0 Å². The maximum Gasteiger partial charge on any atom is 0.255 e. The number of nitrogens with zero attached hydrogens (tertiary/aromatic N) is 2. The molecule has 0 atom stereocenters. The fourth-order valence-electron chi connectivity index (χ4n) is 3.51. The Labute approximate surface area is 187 Å². The van der Waals surface area contributed by atoms with E-state index in [1.54, 1.807) is 36.4 Å². The minimum Gasteiger partial charge on any atom is -0.494 e. The lowest BCUT2D eigenvalue weighted by atomic mass is 10.1. The van der Waals surface area contributed by atoms with E-state index in [1.807, 2.05) is 31.6 Å². The number of carbonyl (C=O) groups is 2. The number of rotatable bonds is 8. The number of ether oxygens (including phenoxy) is 2. The van der Waals surface area contributed by atoms with Gasteiger partial charge in [0.2, 0.25) is 5.91 Å². The van der Waals surface area contributed by atoms with Crippen LogP contribution in [0.25, 0.3) is 0 Å². The number of benzene rings is 2. The highest BCUT2D eigenvalue weighted by Gasteiger charge is 2.17. The maximum atomic E-state index is 12.6. The van der Waals surface area contributed by atoms with Gasteiger partial charge in [-0.3, -0.25) is 14.3 Å². The molecule has 0 aliphatic heterocycles. The van der Waals surface area contributed by atoms with Crippen LogP contribution in [0.15, 0.2) is 42.5 Å². The highest BCUT2D eigenvalue weighted by atomic mass is 16.5. The molecule has 0 saturated carbocycles. The van der Waals surface area contributed by atoms with Crippen molar-refractivity contribution in [3.63, 3.8) is 0 Å². The fraction of sp³-hybridized carbons (Fsp3) is 0.292. The highest BCUT2D eigenvalue weighted by molar-refractivity contribution is 6.05. The molecule has 0 fully saturated rings. The quantitative estimate of drug-likeness (QED) is 0.559. The summed E-state index contributed by atoms with van der Waals surface area (Å²) in [6, 6.07) is 12.1. The van der Waals surface area contributed by atoms with Crippen LogP contribution in [0.1, 0.15) is 33.7 Å². The molecule has 0 spiro atoms. The minimum absolute atomic E-state index is 0.158. The van der Waals surface area contributed by atoms with Gasteiger partial charge in [-0.2, -0.15) is 5.10 Å². The lowest BCUT2D eigenvalue weighted by Crippen LogP contribution is -2.15. The Balaban J connectivity index is 1.75. The van der Waals surface area contributed by atoms with Crippen molar-refractivity contribution in [2.45, 2.75) is 26.7 Å². The number of hydrogen-bond acceptors (Lipinski definition) is 5. The summed E-state index contributed by atoms with van der Waals surface area (Å²) < 4.78 is 12.7. The second-order valence-electron chi connectivity index (χ2n) is 7.39. The third-order valence-electron chi connectivity index (χ3n) is 5.34. The van der Waals surface area contributed by atoms with Gasteiger partial charge in [-0.15, -0.1) is 0 Å². The molecule has 3 rings (SSSR count). The molecule has 32 heavy (non-hydrogen) atoms. The van der Waals surface area contributed by atoms with Gasteiger partial charge in [0.15, 0.2) is 0 Å². The highest BCUT2D eigenvalue weighted by Crippen LogP contribution is 2.36. The molecule has 0 aliphatic rings. The summed E-state index contributed by atoms with van der Waals surface area (Å²) in [6.07, 6.45) is 0.882. The van der Waals surface area contributed by atoms with Crippen LogP contribution in [0.5, 0.6) is 11.5 Å². The van der Waals surface area contributed by atoms with Gasteiger partial charge >= 0.3 is 0 Å². The van der Waals surface area contributed by atoms with E-state index in [1.165, 1.54) is 14.2 Å². The molecule has 8 nitrogen and oxygen atoms in total. The largest absolute Gasteiger partial charge is 0.494 e. The summed E-state index contributed by atoms with van der Waals surface area (Å²) in [6.45, 7) is 3.93. The van der Waals surface area contributed by atoms with Crippen molar-refractivity contribution in [3.05, 3.63) is 65.0 Å². The minimum atomic E-state index is -0.273. The molecule has 2 aromatic carbocycles. The Morgan fingerprint density at radius 1 is 0.969 bits per heavy atom. The Morgan fingerprint density at radius 2 is 1.56 bits per heavy atom. The normalized spacial score (nSPS) is 10.5. The predicted molar refractivity (Wildman–Crippen MR) is 124 cm³/mol. The van der Waals surface area contributed by atoms with Gasteiger partial charge in [0.1, 0.15) is 11.5 Å². The van der Waals surface area contributed by atoms with Gasteiger partial charge in [0, 0.05) is 36.9 Å². The van der Waals surface area contributed by atoms with Crippen LogP contribution >= 0.6 is 0 Å². The summed E-state index contributed by atoms with van der Waals surface area (Å²) in [7, 11) is 4.89. The summed E-state index contributed by atoms with van der Waals surface area (Å²) in [5, 5.41) is 10.1. The van der Waals surface area contributed by atoms with Crippen LogP contribution < -0.4 is 20.1 Å². The number of aromatic nitrogens is 2. The molecule has 0 aliphatic carbocycles. The predicted octanol–water partition coefficient (Wildman–Crippen LogP) is 3.88. The molecule has 0 radical (unpaired) electrons. The molecule has 0 saturated heterocycles. The SMILES string of the molecule is COc1cc(NC(=O)c2ccccc2)c(OC)cc1NC(=O)CCc1c(C)nn(C)c1C. The molecular formula is C24H28N4O4. The summed E-state index contributed by atoms with van der Waals surface area (Å²) in [5.41, 5.74) is 4.48. The van der Waals surface area contributed by atoms with Gasteiger partial charge in [-0.05, 0) is 38.0 Å². The number of methoxy groups -OCH3 is 2. The lowest BCUT2D eigenvalue weighted by molar-refractivity contribution is -0.116. The van der Waals surface area contributed by atoms with E-state index in [-0.39, 0.29) is 11.8 Å². The first kappa shape index (κ1) is 22.9. The van der Waals surface area contributed by atoms with E-state index in [4.69, 9.17) is 9.47 Å². The average molecular weight is 437 g/mol. The van der Waals surface area contributed by atoms with Crippen molar-refractivity contribution in [2.75, 3.05) is 24.9 Å². The van der Waals surface area contributed by atoms with Crippen molar-refractivity contribution < 1.29 is 19.1 Å². The van der Waals surface area contributed by atoms with E-state index in [9.17, 15) is 9.59 Å². The molecule has 1 heterocycles. The first-order valence-electron chi connectivity index (χ1n) is 10.2. The van der Waals surface area contributed by atoms with Gasteiger partial charge < -0.3 is 20.1 Å².